The van der Waals surface area contributed by atoms with Gasteiger partial charge in [0.25, 0.3) is 10.0 Å². The van der Waals surface area contributed by atoms with Crippen molar-refractivity contribution in [3.05, 3.63) is 82.4 Å². The largest absolute Gasteiger partial charge is 0.417 e. The fourth-order valence-electron chi connectivity index (χ4n) is 4.25. The quantitative estimate of drug-likeness (QED) is 0.384. The Bertz CT molecular complexity index is 1680. The van der Waals surface area contributed by atoms with Gasteiger partial charge in [-0.2, -0.15) is 13.2 Å². The topological polar surface area (TPSA) is 95.1 Å². The molecule has 14 heteroatoms. The van der Waals surface area contributed by atoms with Crippen LogP contribution in [0.3, 0.4) is 0 Å². The van der Waals surface area contributed by atoms with E-state index in [2.05, 4.69) is 0 Å². The molecule has 4 rings (SSSR count). The van der Waals surface area contributed by atoms with Crippen LogP contribution < -0.4 is 9.21 Å². The van der Waals surface area contributed by atoms with E-state index in [4.69, 9.17) is 11.6 Å². The molecular formula is C26H25ClF3N3O5S2. The molecule has 1 heterocycles. The standard InChI is InChI=1S/C26H25ClF3N3O5S2/c1-17-4-7-20(8-5-17)40(37,38)33(19-6-10-23(27)22(15-19)26(28,29)30)16-25(34)32-13-12-18-14-21(9-11-24(18)32)39(35,36)31(2)3/h4-11,14-15H,12-13,16H2,1-3H3. The number of aryl methyl sites for hydroxylation is 1. The highest BCUT2D eigenvalue weighted by Gasteiger charge is 2.37. The molecule has 0 spiro atoms. The summed E-state index contributed by atoms with van der Waals surface area (Å²) in [7, 11) is -5.43. The molecule has 1 aliphatic heterocycles. The van der Waals surface area contributed by atoms with Gasteiger partial charge in [0.1, 0.15) is 6.54 Å². The highest BCUT2D eigenvalue weighted by Crippen LogP contribution is 2.38. The second-order valence-corrected chi connectivity index (χ2v) is 13.8. The predicted octanol–water partition coefficient (Wildman–Crippen LogP) is 4.70. The Kier molecular flexibility index (Phi) is 7.98. The highest BCUT2D eigenvalue weighted by molar-refractivity contribution is 7.92. The van der Waals surface area contributed by atoms with Crippen LogP contribution in [-0.4, -0.2) is 54.2 Å². The van der Waals surface area contributed by atoms with E-state index in [1.165, 1.54) is 61.5 Å². The summed E-state index contributed by atoms with van der Waals surface area (Å²) < 4.78 is 94.9. The third kappa shape index (κ3) is 5.69. The van der Waals surface area contributed by atoms with Gasteiger partial charge in [0, 0.05) is 26.3 Å². The molecule has 0 aliphatic carbocycles. The van der Waals surface area contributed by atoms with Crippen molar-refractivity contribution in [2.24, 2.45) is 0 Å². The molecule has 3 aromatic carbocycles. The third-order valence-electron chi connectivity index (χ3n) is 6.46. The number of amides is 1. The zero-order chi connectivity index (χ0) is 29.6. The first-order valence-corrected chi connectivity index (χ1v) is 15.1. The number of carbonyl (C=O) groups excluding carboxylic acids is 1. The molecule has 214 valence electrons. The van der Waals surface area contributed by atoms with Crippen molar-refractivity contribution in [3.8, 4) is 0 Å². The predicted molar refractivity (Wildman–Crippen MR) is 146 cm³/mol. The van der Waals surface area contributed by atoms with Crippen LogP contribution in [0.25, 0.3) is 0 Å². The van der Waals surface area contributed by atoms with Gasteiger partial charge in [-0.05, 0) is 67.4 Å². The monoisotopic (exact) mass is 615 g/mol. The van der Waals surface area contributed by atoms with E-state index >= 15 is 0 Å². The van der Waals surface area contributed by atoms with Crippen molar-refractivity contribution in [1.29, 1.82) is 0 Å². The molecule has 0 unspecified atom stereocenters. The Hall–Kier alpha value is -3.13. The van der Waals surface area contributed by atoms with Crippen molar-refractivity contribution in [3.63, 3.8) is 0 Å². The van der Waals surface area contributed by atoms with Gasteiger partial charge in [-0.1, -0.05) is 29.3 Å². The number of hydrogen-bond acceptors (Lipinski definition) is 5. The number of hydrogen-bond donors (Lipinski definition) is 0. The number of nitrogens with zero attached hydrogens (tertiary/aromatic N) is 3. The van der Waals surface area contributed by atoms with Gasteiger partial charge >= 0.3 is 6.18 Å². The lowest BCUT2D eigenvalue weighted by atomic mass is 10.2. The fraction of sp³-hybridized carbons (Fsp3) is 0.269. The lowest BCUT2D eigenvalue weighted by molar-refractivity contribution is -0.137. The summed E-state index contributed by atoms with van der Waals surface area (Å²) in [6, 6.07) is 12.6. The first kappa shape index (κ1) is 29.8. The van der Waals surface area contributed by atoms with E-state index in [9.17, 15) is 34.8 Å². The third-order valence-corrected chi connectivity index (χ3v) is 10.4. The van der Waals surface area contributed by atoms with Gasteiger partial charge in [0.15, 0.2) is 0 Å². The highest BCUT2D eigenvalue weighted by atomic mass is 35.5. The number of anilines is 2. The fourth-order valence-corrected chi connectivity index (χ4v) is 6.84. The molecule has 40 heavy (non-hydrogen) atoms. The number of sulfonamides is 2. The summed E-state index contributed by atoms with van der Waals surface area (Å²) in [5, 5.41) is -0.618. The Balaban J connectivity index is 1.75. The maximum absolute atomic E-state index is 13.7. The van der Waals surface area contributed by atoms with E-state index < -0.39 is 54.9 Å². The first-order chi connectivity index (χ1) is 18.5. The van der Waals surface area contributed by atoms with Crippen molar-refractivity contribution in [1.82, 2.24) is 4.31 Å². The molecule has 1 amide bonds. The molecule has 0 radical (unpaired) electrons. The van der Waals surface area contributed by atoms with Gasteiger partial charge in [-0.15, -0.1) is 0 Å². The Labute approximate surface area is 235 Å². The van der Waals surface area contributed by atoms with Crippen LogP contribution in [0.15, 0.2) is 70.5 Å². The maximum Gasteiger partial charge on any atom is 0.417 e. The summed E-state index contributed by atoms with van der Waals surface area (Å²) in [4.78, 5) is 14.6. The molecular weight excluding hydrogens is 591 g/mol. The summed E-state index contributed by atoms with van der Waals surface area (Å²) in [6.07, 6.45) is -4.56. The lowest BCUT2D eigenvalue weighted by Gasteiger charge is -2.27. The number of benzene rings is 3. The molecule has 1 aliphatic rings. The van der Waals surface area contributed by atoms with Gasteiger partial charge in [0.2, 0.25) is 15.9 Å². The van der Waals surface area contributed by atoms with E-state index in [1.54, 1.807) is 6.92 Å². The summed E-state index contributed by atoms with van der Waals surface area (Å²) in [5.41, 5.74) is 0.0798. The number of carbonyl (C=O) groups is 1. The minimum Gasteiger partial charge on any atom is -0.310 e. The van der Waals surface area contributed by atoms with Gasteiger partial charge in [-0.25, -0.2) is 21.1 Å². The SMILES string of the molecule is Cc1ccc(S(=O)(=O)N(CC(=O)N2CCc3cc(S(=O)(=O)N(C)C)ccc32)c2ccc(Cl)c(C(F)(F)F)c2)cc1. The maximum atomic E-state index is 13.7. The summed E-state index contributed by atoms with van der Waals surface area (Å²) in [5.74, 6) is -0.707. The zero-order valence-corrected chi connectivity index (χ0v) is 24.0. The normalized spacial score (nSPS) is 13.9. The van der Waals surface area contributed by atoms with Crippen LogP contribution in [-0.2, 0) is 37.4 Å². The first-order valence-electron chi connectivity index (χ1n) is 11.9. The minimum atomic E-state index is -4.87. The Morgan fingerprint density at radius 2 is 1.55 bits per heavy atom. The van der Waals surface area contributed by atoms with Crippen molar-refractivity contribution < 1.29 is 34.8 Å². The van der Waals surface area contributed by atoms with E-state index in [0.29, 0.717) is 28.0 Å². The molecule has 3 aromatic rings. The second kappa shape index (κ2) is 10.7. The van der Waals surface area contributed by atoms with Crippen molar-refractivity contribution >= 4 is 48.9 Å². The number of rotatable bonds is 7. The molecule has 0 atom stereocenters. The van der Waals surface area contributed by atoms with Crippen LogP contribution >= 0.6 is 11.6 Å². The number of fused-ring (bicyclic) bond motifs is 1. The molecule has 0 aromatic heterocycles. The molecule has 0 bridgehead atoms. The molecule has 0 N–H and O–H groups in total. The van der Waals surface area contributed by atoms with Crippen molar-refractivity contribution in [2.75, 3.05) is 36.4 Å². The van der Waals surface area contributed by atoms with Crippen LogP contribution in [0, 0.1) is 6.92 Å². The summed E-state index contributed by atoms with van der Waals surface area (Å²) >= 11 is 5.76. The average Bonchev–Trinajstić information content (AvgIpc) is 3.30. The van der Waals surface area contributed by atoms with E-state index in [-0.39, 0.29) is 16.3 Å². The number of halogens is 4. The van der Waals surface area contributed by atoms with E-state index in [0.717, 1.165) is 22.0 Å². The summed E-state index contributed by atoms with van der Waals surface area (Å²) in [6.45, 7) is 1.06. The Morgan fingerprint density at radius 1 is 0.925 bits per heavy atom. The van der Waals surface area contributed by atoms with Crippen LogP contribution in [0.4, 0.5) is 24.5 Å². The van der Waals surface area contributed by atoms with Gasteiger partial charge in [0.05, 0.1) is 26.1 Å². The molecule has 8 nitrogen and oxygen atoms in total. The van der Waals surface area contributed by atoms with Crippen molar-refractivity contribution in [2.45, 2.75) is 29.3 Å². The molecule has 0 saturated heterocycles. The van der Waals surface area contributed by atoms with Crippen LogP contribution in [0.1, 0.15) is 16.7 Å². The molecule has 0 saturated carbocycles. The smallest absolute Gasteiger partial charge is 0.310 e. The van der Waals surface area contributed by atoms with Gasteiger partial charge < -0.3 is 4.90 Å². The van der Waals surface area contributed by atoms with E-state index in [1.807, 2.05) is 0 Å². The Morgan fingerprint density at radius 3 is 2.15 bits per heavy atom. The van der Waals surface area contributed by atoms with Crippen LogP contribution in [0.2, 0.25) is 5.02 Å². The minimum absolute atomic E-state index is 0.0370. The number of alkyl halides is 3. The zero-order valence-electron chi connectivity index (χ0n) is 21.6. The molecule has 0 fully saturated rings. The average molecular weight is 616 g/mol. The lowest BCUT2D eigenvalue weighted by Crippen LogP contribution is -2.42. The second-order valence-electron chi connectivity index (χ2n) is 9.36. The van der Waals surface area contributed by atoms with Crippen LogP contribution in [0.5, 0.6) is 0 Å². The van der Waals surface area contributed by atoms with Gasteiger partial charge in [-0.3, -0.25) is 9.10 Å².